The van der Waals surface area contributed by atoms with Crippen molar-refractivity contribution < 1.29 is 4.79 Å². The van der Waals surface area contributed by atoms with E-state index in [9.17, 15) is 4.79 Å². The molecule has 0 aliphatic heterocycles. The fourth-order valence-electron chi connectivity index (χ4n) is 3.07. The lowest BCUT2D eigenvalue weighted by molar-refractivity contribution is 0.0945. The number of carbonyl (C=O) groups is 1. The van der Waals surface area contributed by atoms with Crippen LogP contribution in [0.3, 0.4) is 0 Å². The van der Waals surface area contributed by atoms with Gasteiger partial charge in [-0.2, -0.15) is 5.10 Å². The number of rotatable bonds is 5. The van der Waals surface area contributed by atoms with Gasteiger partial charge in [0.05, 0.1) is 11.4 Å². The average molecular weight is 292 g/mol. The molecule has 1 aliphatic carbocycles. The summed E-state index contributed by atoms with van der Waals surface area (Å²) in [6.07, 6.45) is 6.28. The molecule has 1 aromatic heterocycles. The third kappa shape index (κ3) is 3.99. The minimum Gasteiger partial charge on any atom is -0.395 e. The Balaban J connectivity index is 1.79. The first-order valence-corrected chi connectivity index (χ1v) is 8.11. The van der Waals surface area contributed by atoms with E-state index in [-0.39, 0.29) is 11.8 Å². The van der Waals surface area contributed by atoms with Gasteiger partial charge in [0.15, 0.2) is 5.69 Å². The zero-order chi connectivity index (χ0) is 15.4. The van der Waals surface area contributed by atoms with Crippen molar-refractivity contribution in [2.75, 3.05) is 12.3 Å². The lowest BCUT2D eigenvalue weighted by Crippen LogP contribution is -2.27. The van der Waals surface area contributed by atoms with Gasteiger partial charge in [0, 0.05) is 6.54 Å². The molecule has 1 amide bonds. The first-order valence-electron chi connectivity index (χ1n) is 8.11. The maximum absolute atomic E-state index is 12.1. The van der Waals surface area contributed by atoms with Gasteiger partial charge in [-0.1, -0.05) is 46.5 Å². The third-order valence-corrected chi connectivity index (χ3v) is 4.60. The number of nitrogens with zero attached hydrogens (tertiary/aromatic N) is 1. The summed E-state index contributed by atoms with van der Waals surface area (Å²) < 4.78 is 0. The van der Waals surface area contributed by atoms with Crippen molar-refractivity contribution in [1.82, 2.24) is 15.5 Å². The summed E-state index contributed by atoms with van der Waals surface area (Å²) in [5, 5.41) is 9.86. The second-order valence-electron chi connectivity index (χ2n) is 6.72. The normalized spacial score (nSPS) is 22.5. The predicted octanol–water partition coefficient (Wildman–Crippen LogP) is 3.06. The standard InChI is InChI=1S/C16H28N4O/c1-10(2)14-13(17)15(20-19-14)16(21)18-9-8-12-6-4-11(3)5-7-12/h10-12H,4-9,17H2,1-3H3,(H,18,21)(H,19,20). The highest BCUT2D eigenvalue weighted by molar-refractivity contribution is 5.97. The van der Waals surface area contributed by atoms with E-state index >= 15 is 0 Å². The number of nitrogens with one attached hydrogen (secondary N) is 2. The van der Waals surface area contributed by atoms with Gasteiger partial charge in [0.1, 0.15) is 0 Å². The quantitative estimate of drug-likeness (QED) is 0.780. The largest absolute Gasteiger partial charge is 0.395 e. The van der Waals surface area contributed by atoms with E-state index in [0.29, 0.717) is 17.9 Å². The van der Waals surface area contributed by atoms with Gasteiger partial charge in [0.25, 0.3) is 5.91 Å². The predicted molar refractivity (Wildman–Crippen MR) is 85.2 cm³/mol. The van der Waals surface area contributed by atoms with Crippen LogP contribution in [0, 0.1) is 11.8 Å². The molecular formula is C16H28N4O. The van der Waals surface area contributed by atoms with Gasteiger partial charge in [-0.3, -0.25) is 9.89 Å². The Labute approximate surface area is 127 Å². The van der Waals surface area contributed by atoms with Crippen LogP contribution in [-0.4, -0.2) is 22.6 Å². The summed E-state index contributed by atoms with van der Waals surface area (Å²) in [5.41, 5.74) is 7.63. The molecule has 2 rings (SSSR count). The van der Waals surface area contributed by atoms with Gasteiger partial charge in [-0.05, 0) is 24.2 Å². The molecule has 0 radical (unpaired) electrons. The number of aromatic nitrogens is 2. The molecule has 0 saturated heterocycles. The van der Waals surface area contributed by atoms with Crippen LogP contribution in [-0.2, 0) is 0 Å². The van der Waals surface area contributed by atoms with E-state index in [1.54, 1.807) is 0 Å². The molecule has 21 heavy (non-hydrogen) atoms. The summed E-state index contributed by atoms with van der Waals surface area (Å²) in [6, 6.07) is 0. The molecular weight excluding hydrogens is 264 g/mol. The van der Waals surface area contributed by atoms with Crippen molar-refractivity contribution in [3.63, 3.8) is 0 Å². The second-order valence-corrected chi connectivity index (χ2v) is 6.72. The number of nitrogen functional groups attached to an aromatic ring is 1. The highest BCUT2D eigenvalue weighted by Crippen LogP contribution is 2.30. The second kappa shape index (κ2) is 6.96. The van der Waals surface area contributed by atoms with E-state index in [1.807, 2.05) is 13.8 Å². The summed E-state index contributed by atoms with van der Waals surface area (Å²) in [5.74, 6) is 1.70. The smallest absolute Gasteiger partial charge is 0.273 e. The molecule has 1 heterocycles. The molecule has 118 valence electrons. The fourth-order valence-corrected chi connectivity index (χ4v) is 3.07. The SMILES string of the molecule is CC1CCC(CCNC(=O)c2n[nH]c(C(C)C)c2N)CC1. The average Bonchev–Trinajstić information content (AvgIpc) is 2.83. The van der Waals surface area contributed by atoms with Crippen LogP contribution in [0.15, 0.2) is 0 Å². The zero-order valence-corrected chi connectivity index (χ0v) is 13.4. The molecule has 5 nitrogen and oxygen atoms in total. The van der Waals surface area contributed by atoms with Gasteiger partial charge >= 0.3 is 0 Å². The number of anilines is 1. The Morgan fingerprint density at radius 2 is 2.05 bits per heavy atom. The molecule has 1 aliphatic rings. The first-order chi connectivity index (χ1) is 9.99. The summed E-state index contributed by atoms with van der Waals surface area (Å²) >= 11 is 0. The van der Waals surface area contributed by atoms with Crippen molar-refractivity contribution in [3.05, 3.63) is 11.4 Å². The Kier molecular flexibility index (Phi) is 5.26. The topological polar surface area (TPSA) is 83.8 Å². The highest BCUT2D eigenvalue weighted by atomic mass is 16.1. The Morgan fingerprint density at radius 1 is 1.38 bits per heavy atom. The minimum absolute atomic E-state index is 0.167. The van der Waals surface area contributed by atoms with E-state index in [2.05, 4.69) is 22.4 Å². The Bertz CT molecular complexity index is 473. The summed E-state index contributed by atoms with van der Waals surface area (Å²) in [7, 11) is 0. The van der Waals surface area contributed by atoms with Crippen molar-refractivity contribution in [2.24, 2.45) is 11.8 Å². The molecule has 0 atom stereocenters. The van der Waals surface area contributed by atoms with E-state index < -0.39 is 0 Å². The molecule has 1 fully saturated rings. The van der Waals surface area contributed by atoms with Crippen molar-refractivity contribution >= 4 is 11.6 Å². The lowest BCUT2D eigenvalue weighted by Gasteiger charge is -2.26. The van der Waals surface area contributed by atoms with Crippen molar-refractivity contribution in [1.29, 1.82) is 0 Å². The van der Waals surface area contributed by atoms with Gasteiger partial charge < -0.3 is 11.1 Å². The zero-order valence-electron chi connectivity index (χ0n) is 13.4. The molecule has 4 N–H and O–H groups in total. The van der Waals surface area contributed by atoms with Crippen LogP contribution in [0.2, 0.25) is 0 Å². The number of amides is 1. The maximum atomic E-state index is 12.1. The van der Waals surface area contributed by atoms with Crippen molar-refractivity contribution in [2.45, 2.75) is 58.8 Å². The Morgan fingerprint density at radius 3 is 2.62 bits per heavy atom. The molecule has 1 aromatic rings. The number of hydrogen-bond acceptors (Lipinski definition) is 3. The lowest BCUT2D eigenvalue weighted by atomic mass is 9.81. The number of H-pyrrole nitrogens is 1. The number of hydrogen-bond donors (Lipinski definition) is 3. The molecule has 0 unspecified atom stereocenters. The maximum Gasteiger partial charge on any atom is 0.273 e. The molecule has 0 bridgehead atoms. The fraction of sp³-hybridized carbons (Fsp3) is 0.750. The van der Waals surface area contributed by atoms with Gasteiger partial charge in [0.2, 0.25) is 0 Å². The van der Waals surface area contributed by atoms with E-state index in [1.165, 1.54) is 25.7 Å². The molecule has 0 aromatic carbocycles. The third-order valence-electron chi connectivity index (χ3n) is 4.60. The molecule has 5 heteroatoms. The number of carbonyl (C=O) groups excluding carboxylic acids is 1. The molecule has 1 saturated carbocycles. The van der Waals surface area contributed by atoms with E-state index in [0.717, 1.165) is 24.0 Å². The van der Waals surface area contributed by atoms with Crippen LogP contribution < -0.4 is 11.1 Å². The first kappa shape index (κ1) is 15.9. The number of aromatic amines is 1. The summed E-state index contributed by atoms with van der Waals surface area (Å²) in [6.45, 7) is 7.08. The Hall–Kier alpha value is -1.52. The van der Waals surface area contributed by atoms with Crippen LogP contribution in [0.1, 0.15) is 75.0 Å². The van der Waals surface area contributed by atoms with Crippen LogP contribution in [0.25, 0.3) is 0 Å². The van der Waals surface area contributed by atoms with Gasteiger partial charge in [-0.25, -0.2) is 0 Å². The van der Waals surface area contributed by atoms with Crippen molar-refractivity contribution in [3.8, 4) is 0 Å². The minimum atomic E-state index is -0.167. The van der Waals surface area contributed by atoms with E-state index in [4.69, 9.17) is 5.73 Å². The summed E-state index contributed by atoms with van der Waals surface area (Å²) in [4.78, 5) is 12.1. The number of nitrogens with two attached hydrogens (primary N) is 1. The highest BCUT2D eigenvalue weighted by Gasteiger charge is 2.20. The van der Waals surface area contributed by atoms with Crippen LogP contribution >= 0.6 is 0 Å². The van der Waals surface area contributed by atoms with Gasteiger partial charge in [-0.15, -0.1) is 0 Å². The van der Waals surface area contributed by atoms with Crippen LogP contribution in [0.5, 0.6) is 0 Å². The monoisotopic (exact) mass is 292 g/mol. The molecule has 0 spiro atoms. The van der Waals surface area contributed by atoms with Crippen LogP contribution in [0.4, 0.5) is 5.69 Å².